The Labute approximate surface area is 120 Å². The average Bonchev–Trinajstić information content (AvgIpc) is 2.48. The number of benzene rings is 1. The molecule has 2 rings (SSSR count). The molecule has 0 radical (unpaired) electrons. The van der Waals surface area contributed by atoms with Gasteiger partial charge in [-0.3, -0.25) is 4.90 Å². The van der Waals surface area contributed by atoms with Crippen LogP contribution in [0.1, 0.15) is 30.9 Å². The van der Waals surface area contributed by atoms with Gasteiger partial charge in [0.15, 0.2) is 5.84 Å². The molecular weight excluding hydrogens is 254 g/mol. The number of ether oxygens (including phenoxy) is 1. The molecule has 1 unspecified atom stereocenters. The lowest BCUT2D eigenvalue weighted by molar-refractivity contribution is 0.00363. The third-order valence-corrected chi connectivity index (χ3v) is 3.63. The maximum absolute atomic E-state index is 8.64. The Morgan fingerprint density at radius 2 is 2.20 bits per heavy atom. The summed E-state index contributed by atoms with van der Waals surface area (Å²) in [7, 11) is 0. The molecule has 110 valence electrons. The van der Waals surface area contributed by atoms with E-state index in [-0.39, 0.29) is 5.84 Å². The molecule has 1 aromatic carbocycles. The quantitative estimate of drug-likeness (QED) is 0.372. The van der Waals surface area contributed by atoms with Crippen molar-refractivity contribution in [1.29, 1.82) is 0 Å². The largest absolute Gasteiger partial charge is 0.409 e. The summed E-state index contributed by atoms with van der Waals surface area (Å²) < 4.78 is 5.71. The highest BCUT2D eigenvalue weighted by molar-refractivity contribution is 5.96. The van der Waals surface area contributed by atoms with Crippen LogP contribution in [0.2, 0.25) is 0 Å². The molecule has 0 spiro atoms. The van der Waals surface area contributed by atoms with Crippen molar-refractivity contribution in [2.45, 2.75) is 32.4 Å². The molecule has 5 nitrogen and oxygen atoms in total. The molecule has 0 saturated carbocycles. The van der Waals surface area contributed by atoms with Crippen LogP contribution in [-0.4, -0.2) is 41.7 Å². The van der Waals surface area contributed by atoms with Crippen molar-refractivity contribution in [1.82, 2.24) is 4.90 Å². The van der Waals surface area contributed by atoms with Crippen LogP contribution in [0.15, 0.2) is 29.4 Å². The summed E-state index contributed by atoms with van der Waals surface area (Å²) in [6.07, 6.45) is 2.71. The molecular formula is C15H23N3O2. The molecule has 0 amide bonds. The van der Waals surface area contributed by atoms with Crippen LogP contribution >= 0.6 is 0 Å². The van der Waals surface area contributed by atoms with Gasteiger partial charge in [-0.15, -0.1) is 0 Å². The van der Waals surface area contributed by atoms with Crippen molar-refractivity contribution < 1.29 is 9.94 Å². The van der Waals surface area contributed by atoms with Crippen molar-refractivity contribution in [3.8, 4) is 0 Å². The van der Waals surface area contributed by atoms with E-state index in [2.05, 4.69) is 10.1 Å². The summed E-state index contributed by atoms with van der Waals surface area (Å²) >= 11 is 0. The van der Waals surface area contributed by atoms with E-state index in [0.29, 0.717) is 6.10 Å². The van der Waals surface area contributed by atoms with E-state index in [1.807, 2.05) is 31.2 Å². The summed E-state index contributed by atoms with van der Waals surface area (Å²) in [5, 5.41) is 11.6. The van der Waals surface area contributed by atoms with Gasteiger partial charge in [-0.2, -0.15) is 0 Å². The maximum atomic E-state index is 8.64. The molecule has 3 N–H and O–H groups in total. The standard InChI is InChI=1S/C15H23N3O2/c1-2-20-14-4-3-9-18(11-14)10-12-5-7-13(8-6-12)15(16)17-19/h5-8,14,19H,2-4,9-11H2,1H3,(H2,16,17). The molecule has 1 aliphatic heterocycles. The maximum Gasteiger partial charge on any atom is 0.170 e. The Morgan fingerprint density at radius 1 is 1.45 bits per heavy atom. The Bertz CT molecular complexity index is 443. The average molecular weight is 277 g/mol. The lowest BCUT2D eigenvalue weighted by Crippen LogP contribution is -2.39. The van der Waals surface area contributed by atoms with E-state index in [4.69, 9.17) is 15.7 Å². The van der Waals surface area contributed by atoms with E-state index < -0.39 is 0 Å². The van der Waals surface area contributed by atoms with Crippen LogP contribution in [-0.2, 0) is 11.3 Å². The fourth-order valence-corrected chi connectivity index (χ4v) is 2.63. The Balaban J connectivity index is 1.92. The van der Waals surface area contributed by atoms with Gasteiger partial charge >= 0.3 is 0 Å². The number of amidine groups is 1. The summed E-state index contributed by atoms with van der Waals surface area (Å²) in [6, 6.07) is 7.82. The van der Waals surface area contributed by atoms with Crippen molar-refractivity contribution in [2.24, 2.45) is 10.9 Å². The highest BCUT2D eigenvalue weighted by atomic mass is 16.5. The highest BCUT2D eigenvalue weighted by Gasteiger charge is 2.19. The lowest BCUT2D eigenvalue weighted by atomic mass is 10.1. The van der Waals surface area contributed by atoms with Crippen molar-refractivity contribution in [3.05, 3.63) is 35.4 Å². The first-order chi connectivity index (χ1) is 9.72. The second-order valence-corrected chi connectivity index (χ2v) is 5.14. The van der Waals surface area contributed by atoms with Crippen LogP contribution in [0, 0.1) is 0 Å². The Morgan fingerprint density at radius 3 is 2.85 bits per heavy atom. The molecule has 1 aliphatic rings. The summed E-state index contributed by atoms with van der Waals surface area (Å²) in [6.45, 7) is 5.86. The first kappa shape index (κ1) is 14.8. The zero-order chi connectivity index (χ0) is 14.4. The minimum atomic E-state index is 0.144. The number of piperidine rings is 1. The van der Waals surface area contributed by atoms with Gasteiger partial charge in [-0.25, -0.2) is 0 Å². The van der Waals surface area contributed by atoms with E-state index in [1.165, 1.54) is 12.0 Å². The molecule has 1 saturated heterocycles. The van der Waals surface area contributed by atoms with E-state index in [1.54, 1.807) is 0 Å². The molecule has 5 heteroatoms. The fourth-order valence-electron chi connectivity index (χ4n) is 2.63. The predicted octanol–water partition coefficient (Wildman–Crippen LogP) is 1.78. The van der Waals surface area contributed by atoms with Crippen LogP contribution in [0.25, 0.3) is 0 Å². The van der Waals surface area contributed by atoms with Gasteiger partial charge in [0, 0.05) is 25.3 Å². The number of likely N-dealkylation sites (tertiary alicyclic amines) is 1. The number of hydrogen-bond donors (Lipinski definition) is 2. The minimum absolute atomic E-state index is 0.144. The minimum Gasteiger partial charge on any atom is -0.409 e. The highest BCUT2D eigenvalue weighted by Crippen LogP contribution is 2.16. The smallest absolute Gasteiger partial charge is 0.170 e. The topological polar surface area (TPSA) is 71.1 Å². The van der Waals surface area contributed by atoms with Crippen molar-refractivity contribution in [3.63, 3.8) is 0 Å². The third-order valence-electron chi connectivity index (χ3n) is 3.63. The van der Waals surface area contributed by atoms with Gasteiger partial charge in [0.25, 0.3) is 0 Å². The number of oxime groups is 1. The number of nitrogens with two attached hydrogens (primary N) is 1. The molecule has 1 aromatic rings. The Kier molecular flexibility index (Phi) is 5.38. The summed E-state index contributed by atoms with van der Waals surface area (Å²) in [5.41, 5.74) is 7.52. The molecule has 0 aromatic heterocycles. The van der Waals surface area contributed by atoms with E-state index >= 15 is 0 Å². The van der Waals surface area contributed by atoms with Gasteiger partial charge in [0.1, 0.15) is 0 Å². The van der Waals surface area contributed by atoms with Crippen LogP contribution in [0.5, 0.6) is 0 Å². The molecule has 0 aliphatic carbocycles. The molecule has 1 heterocycles. The third kappa shape index (κ3) is 3.95. The van der Waals surface area contributed by atoms with Crippen molar-refractivity contribution >= 4 is 5.84 Å². The molecule has 1 fully saturated rings. The van der Waals surface area contributed by atoms with E-state index in [9.17, 15) is 0 Å². The van der Waals surface area contributed by atoms with Gasteiger partial charge in [0.2, 0.25) is 0 Å². The van der Waals surface area contributed by atoms with Crippen LogP contribution in [0.3, 0.4) is 0 Å². The zero-order valence-corrected chi connectivity index (χ0v) is 12.0. The van der Waals surface area contributed by atoms with Crippen LogP contribution in [0.4, 0.5) is 0 Å². The van der Waals surface area contributed by atoms with Gasteiger partial charge in [-0.1, -0.05) is 29.4 Å². The fraction of sp³-hybridized carbons (Fsp3) is 0.533. The predicted molar refractivity (Wildman–Crippen MR) is 78.9 cm³/mol. The SMILES string of the molecule is CCOC1CCCN(Cc2ccc(C(N)=NO)cc2)C1. The second-order valence-electron chi connectivity index (χ2n) is 5.14. The van der Waals surface area contributed by atoms with Gasteiger partial charge in [-0.05, 0) is 31.9 Å². The molecule has 20 heavy (non-hydrogen) atoms. The second kappa shape index (κ2) is 7.26. The number of hydrogen-bond acceptors (Lipinski definition) is 4. The molecule has 0 bridgehead atoms. The van der Waals surface area contributed by atoms with Crippen molar-refractivity contribution in [2.75, 3.05) is 19.7 Å². The van der Waals surface area contributed by atoms with Gasteiger partial charge < -0.3 is 15.7 Å². The first-order valence-corrected chi connectivity index (χ1v) is 7.13. The summed E-state index contributed by atoms with van der Waals surface area (Å²) in [5.74, 6) is 0.144. The first-order valence-electron chi connectivity index (χ1n) is 7.13. The van der Waals surface area contributed by atoms with Crippen LogP contribution < -0.4 is 5.73 Å². The Hall–Kier alpha value is -1.59. The normalized spacial score (nSPS) is 21.1. The lowest BCUT2D eigenvalue weighted by Gasteiger charge is -2.32. The zero-order valence-electron chi connectivity index (χ0n) is 12.0. The number of nitrogens with zero attached hydrogens (tertiary/aromatic N) is 2. The van der Waals surface area contributed by atoms with E-state index in [0.717, 1.165) is 38.2 Å². The number of rotatable bonds is 5. The van der Waals surface area contributed by atoms with Gasteiger partial charge in [0.05, 0.1) is 6.10 Å². The monoisotopic (exact) mass is 277 g/mol. The summed E-state index contributed by atoms with van der Waals surface area (Å²) in [4.78, 5) is 2.42. The molecule has 1 atom stereocenters.